The quantitative estimate of drug-likeness (QED) is 0.380. The topological polar surface area (TPSA) is 113 Å². The predicted molar refractivity (Wildman–Crippen MR) is 124 cm³/mol. The van der Waals surface area contributed by atoms with Gasteiger partial charge in [0.05, 0.1) is 25.4 Å². The van der Waals surface area contributed by atoms with Crippen LogP contribution in [-0.2, 0) is 11.3 Å². The van der Waals surface area contributed by atoms with Crippen LogP contribution in [0.4, 0.5) is 0 Å². The van der Waals surface area contributed by atoms with Gasteiger partial charge in [0.2, 0.25) is 0 Å². The molecule has 0 saturated carbocycles. The molecule has 0 fully saturated rings. The van der Waals surface area contributed by atoms with E-state index in [1.807, 2.05) is 0 Å². The van der Waals surface area contributed by atoms with Gasteiger partial charge in [0.15, 0.2) is 0 Å². The first kappa shape index (κ1) is 21.6. The predicted octanol–water partition coefficient (Wildman–Crippen LogP) is 3.22. The molecule has 2 amide bonds. The molecule has 0 saturated heterocycles. The van der Waals surface area contributed by atoms with Crippen LogP contribution < -0.4 is 20.9 Å². The van der Waals surface area contributed by atoms with Gasteiger partial charge in [-0.1, -0.05) is 18.2 Å². The number of furan rings is 1. The number of benzene rings is 2. The van der Waals surface area contributed by atoms with Crippen LogP contribution in [0.1, 0.15) is 21.7 Å². The molecular weight excluding hydrogens is 422 g/mol. The van der Waals surface area contributed by atoms with Gasteiger partial charge in [0, 0.05) is 17.2 Å². The van der Waals surface area contributed by atoms with Crippen LogP contribution in [0.2, 0.25) is 0 Å². The first-order valence-corrected chi connectivity index (χ1v) is 10.1. The number of nitrogens with one attached hydrogen (secondary N) is 3. The van der Waals surface area contributed by atoms with Crippen LogP contribution in [0.25, 0.3) is 17.0 Å². The number of aromatic nitrogens is 1. The van der Waals surface area contributed by atoms with Crippen LogP contribution in [0.5, 0.6) is 5.75 Å². The molecule has 0 radical (unpaired) electrons. The van der Waals surface area contributed by atoms with E-state index >= 15 is 0 Å². The van der Waals surface area contributed by atoms with Crippen LogP contribution in [0.15, 0.2) is 87.9 Å². The third kappa shape index (κ3) is 5.19. The molecule has 8 heteroatoms. The Bertz CT molecular complexity index is 1370. The van der Waals surface area contributed by atoms with E-state index in [0.717, 1.165) is 5.39 Å². The Labute approximate surface area is 188 Å². The minimum absolute atomic E-state index is 0.0752. The molecule has 0 aliphatic carbocycles. The smallest absolute Gasteiger partial charge is 0.268 e. The Morgan fingerprint density at radius 1 is 1.06 bits per heavy atom. The summed E-state index contributed by atoms with van der Waals surface area (Å²) < 4.78 is 10.4. The number of hydrogen-bond acceptors (Lipinski definition) is 5. The van der Waals surface area contributed by atoms with Gasteiger partial charge < -0.3 is 24.8 Å². The second-order valence-corrected chi connectivity index (χ2v) is 7.15. The Morgan fingerprint density at radius 3 is 2.61 bits per heavy atom. The summed E-state index contributed by atoms with van der Waals surface area (Å²) in [7, 11) is 1.54. The van der Waals surface area contributed by atoms with Crippen LogP contribution >= 0.6 is 0 Å². The molecule has 8 nitrogen and oxygen atoms in total. The Hall–Kier alpha value is -4.59. The van der Waals surface area contributed by atoms with Crippen molar-refractivity contribution in [2.24, 2.45) is 0 Å². The largest absolute Gasteiger partial charge is 0.497 e. The van der Waals surface area contributed by atoms with Crippen LogP contribution in [0, 0.1) is 0 Å². The maximum atomic E-state index is 12.9. The Kier molecular flexibility index (Phi) is 6.36. The highest BCUT2D eigenvalue weighted by molar-refractivity contribution is 6.05. The van der Waals surface area contributed by atoms with Crippen molar-refractivity contribution in [3.8, 4) is 5.75 Å². The van der Waals surface area contributed by atoms with Crippen molar-refractivity contribution in [3.63, 3.8) is 0 Å². The van der Waals surface area contributed by atoms with Gasteiger partial charge in [0.1, 0.15) is 17.2 Å². The molecule has 2 aromatic heterocycles. The number of methoxy groups -OCH3 is 1. The monoisotopic (exact) mass is 443 g/mol. The maximum absolute atomic E-state index is 12.9. The van der Waals surface area contributed by atoms with E-state index in [-0.39, 0.29) is 17.8 Å². The lowest BCUT2D eigenvalue weighted by Crippen LogP contribution is -2.34. The van der Waals surface area contributed by atoms with E-state index in [0.29, 0.717) is 22.6 Å². The van der Waals surface area contributed by atoms with E-state index in [2.05, 4.69) is 15.6 Å². The Balaban J connectivity index is 1.68. The summed E-state index contributed by atoms with van der Waals surface area (Å²) in [5, 5.41) is 6.04. The zero-order valence-electron chi connectivity index (χ0n) is 17.8. The standard InChI is InChI=1S/C25H21N3O5/c1-32-19-10-9-17-12-18(24(30)27-21(17)14-19)13-22(25(31)26-15-20-8-5-11-33-20)28-23(29)16-6-3-2-4-7-16/h2-14H,15H2,1H3,(H,26,31)(H,27,30)(H,28,29). The highest BCUT2D eigenvalue weighted by Crippen LogP contribution is 2.19. The number of hydrogen-bond donors (Lipinski definition) is 3. The average Bonchev–Trinajstić information content (AvgIpc) is 3.36. The minimum Gasteiger partial charge on any atom is -0.497 e. The summed E-state index contributed by atoms with van der Waals surface area (Å²) in [5.41, 5.74) is 0.689. The zero-order valence-corrected chi connectivity index (χ0v) is 17.8. The summed E-state index contributed by atoms with van der Waals surface area (Å²) >= 11 is 0. The van der Waals surface area contributed by atoms with Crippen molar-refractivity contribution in [3.05, 3.63) is 106 Å². The fourth-order valence-corrected chi connectivity index (χ4v) is 3.20. The molecule has 0 unspecified atom stereocenters. The maximum Gasteiger partial charge on any atom is 0.268 e. The third-order valence-electron chi connectivity index (χ3n) is 4.91. The number of ether oxygens (including phenoxy) is 1. The number of H-pyrrole nitrogens is 1. The lowest BCUT2D eigenvalue weighted by Gasteiger charge is -2.11. The highest BCUT2D eigenvalue weighted by Gasteiger charge is 2.16. The number of amides is 2. The molecule has 0 aliphatic heterocycles. The van der Waals surface area contributed by atoms with Crippen molar-refractivity contribution >= 4 is 28.8 Å². The van der Waals surface area contributed by atoms with Crippen molar-refractivity contribution in [2.45, 2.75) is 6.54 Å². The first-order chi connectivity index (χ1) is 16.0. The van der Waals surface area contributed by atoms with Crippen molar-refractivity contribution < 1.29 is 18.7 Å². The average molecular weight is 443 g/mol. The summed E-state index contributed by atoms with van der Waals surface area (Å²) in [6.07, 6.45) is 2.85. The summed E-state index contributed by atoms with van der Waals surface area (Å²) in [6, 6.07) is 18.8. The van der Waals surface area contributed by atoms with Gasteiger partial charge >= 0.3 is 0 Å². The lowest BCUT2D eigenvalue weighted by molar-refractivity contribution is -0.118. The number of pyridine rings is 1. The van der Waals surface area contributed by atoms with E-state index in [1.165, 1.54) is 12.3 Å². The molecule has 33 heavy (non-hydrogen) atoms. The summed E-state index contributed by atoms with van der Waals surface area (Å²) in [4.78, 5) is 41.1. The van der Waals surface area contributed by atoms with Crippen LogP contribution in [-0.4, -0.2) is 23.9 Å². The van der Waals surface area contributed by atoms with E-state index in [1.54, 1.807) is 73.8 Å². The van der Waals surface area contributed by atoms with Gasteiger partial charge in [-0.2, -0.15) is 0 Å². The molecule has 2 aromatic carbocycles. The molecule has 0 atom stereocenters. The van der Waals surface area contributed by atoms with Gasteiger partial charge in [-0.25, -0.2) is 0 Å². The molecule has 0 bridgehead atoms. The number of rotatable bonds is 7. The van der Waals surface area contributed by atoms with Crippen molar-refractivity contribution in [1.82, 2.24) is 15.6 Å². The molecule has 166 valence electrons. The summed E-state index contributed by atoms with van der Waals surface area (Å²) in [5.74, 6) is 0.117. The molecule has 4 rings (SSSR count). The summed E-state index contributed by atoms with van der Waals surface area (Å²) in [6.45, 7) is 0.123. The normalized spacial score (nSPS) is 11.2. The second-order valence-electron chi connectivity index (χ2n) is 7.15. The highest BCUT2D eigenvalue weighted by atomic mass is 16.5. The molecule has 0 aliphatic rings. The van der Waals surface area contributed by atoms with Gasteiger partial charge in [-0.3, -0.25) is 14.4 Å². The number of carbonyl (C=O) groups is 2. The Morgan fingerprint density at radius 2 is 1.88 bits per heavy atom. The molecule has 2 heterocycles. The van der Waals surface area contributed by atoms with Crippen molar-refractivity contribution in [1.29, 1.82) is 0 Å². The first-order valence-electron chi connectivity index (χ1n) is 10.1. The van der Waals surface area contributed by atoms with Gasteiger partial charge in [-0.15, -0.1) is 0 Å². The molecular formula is C25H21N3O5. The van der Waals surface area contributed by atoms with Gasteiger partial charge in [0.25, 0.3) is 17.4 Å². The van der Waals surface area contributed by atoms with Crippen molar-refractivity contribution in [2.75, 3.05) is 7.11 Å². The van der Waals surface area contributed by atoms with E-state index in [9.17, 15) is 14.4 Å². The number of fused-ring (bicyclic) bond motifs is 1. The number of aromatic amines is 1. The minimum atomic E-state index is -0.565. The second kappa shape index (κ2) is 9.69. The SMILES string of the molecule is COc1ccc2cc(C=C(NC(=O)c3ccccc3)C(=O)NCc3ccco3)c(=O)[nH]c2c1. The zero-order chi connectivity index (χ0) is 23.2. The third-order valence-corrected chi connectivity index (χ3v) is 4.91. The fourth-order valence-electron chi connectivity index (χ4n) is 3.20. The number of carbonyl (C=O) groups excluding carboxylic acids is 2. The molecule has 4 aromatic rings. The van der Waals surface area contributed by atoms with Crippen LogP contribution in [0.3, 0.4) is 0 Å². The lowest BCUT2D eigenvalue weighted by atomic mass is 10.1. The molecule has 0 spiro atoms. The van der Waals surface area contributed by atoms with Gasteiger partial charge in [-0.05, 0) is 53.9 Å². The van der Waals surface area contributed by atoms with E-state index < -0.39 is 17.4 Å². The molecule has 3 N–H and O–H groups in total. The fraction of sp³-hybridized carbons (Fsp3) is 0.0800. The van der Waals surface area contributed by atoms with E-state index in [4.69, 9.17) is 9.15 Å².